The molecule has 0 spiro atoms. The van der Waals surface area contributed by atoms with Crippen molar-refractivity contribution in [3.63, 3.8) is 0 Å². The summed E-state index contributed by atoms with van der Waals surface area (Å²) in [5, 5.41) is 12.9. The highest BCUT2D eigenvalue weighted by Crippen LogP contribution is 2.31. The van der Waals surface area contributed by atoms with Crippen molar-refractivity contribution in [3.8, 4) is 5.75 Å². The van der Waals surface area contributed by atoms with Crippen molar-refractivity contribution in [1.29, 1.82) is 0 Å². The lowest BCUT2D eigenvalue weighted by molar-refractivity contribution is 0.0686. The van der Waals surface area contributed by atoms with Crippen molar-refractivity contribution in [3.05, 3.63) is 86.3 Å². The Morgan fingerprint density at radius 3 is 2.85 bits per heavy atom. The number of nitrogens with one attached hydrogen (secondary N) is 1. The van der Waals surface area contributed by atoms with Gasteiger partial charge in [-0.05, 0) is 39.3 Å². The number of ether oxygens (including phenoxy) is 1. The number of allylic oxidation sites excluding steroid dienone is 1. The van der Waals surface area contributed by atoms with Crippen molar-refractivity contribution in [2.75, 3.05) is 13.1 Å². The van der Waals surface area contributed by atoms with E-state index in [1.807, 2.05) is 0 Å². The number of fused-ring (bicyclic) bond motifs is 3. The average Bonchev–Trinajstić information content (AvgIpc) is 2.88. The number of aromatic nitrogens is 4. The Bertz CT molecular complexity index is 1660. The maximum absolute atomic E-state index is 16.3. The minimum absolute atomic E-state index is 0.0529. The molecule has 0 amide bonds. The minimum atomic E-state index is -2.93. The van der Waals surface area contributed by atoms with Crippen LogP contribution >= 0.6 is 11.6 Å². The molecule has 0 fully saturated rings. The summed E-state index contributed by atoms with van der Waals surface area (Å²) in [5.74, 6) is -3.51. The minimum Gasteiger partial charge on any atom is -0.485 e. The van der Waals surface area contributed by atoms with Crippen LogP contribution in [0.4, 0.5) is 13.2 Å². The first-order valence-corrected chi connectivity index (χ1v) is 12.3. The largest absolute Gasteiger partial charge is 0.485 e. The number of pyridine rings is 2. The van der Waals surface area contributed by atoms with E-state index in [1.165, 1.54) is 32.2 Å². The molecule has 3 aromatic heterocycles. The van der Waals surface area contributed by atoms with E-state index >= 15 is 4.39 Å². The van der Waals surface area contributed by atoms with Crippen LogP contribution < -0.4 is 15.6 Å². The zero-order chi connectivity index (χ0) is 29.7. The maximum atomic E-state index is 16.3. The van der Waals surface area contributed by atoms with Gasteiger partial charge in [-0.2, -0.15) is 0 Å². The lowest BCUT2D eigenvalue weighted by Gasteiger charge is -2.30. The molecule has 204 valence electrons. The predicted molar refractivity (Wildman–Crippen MR) is 137 cm³/mol. The van der Waals surface area contributed by atoms with Gasteiger partial charge in [-0.25, -0.2) is 23.1 Å². The fourth-order valence-corrected chi connectivity index (χ4v) is 4.46. The van der Waals surface area contributed by atoms with Crippen molar-refractivity contribution < 1.29 is 25.8 Å². The fourth-order valence-electron chi connectivity index (χ4n) is 4.28. The molecule has 0 aliphatic carbocycles. The summed E-state index contributed by atoms with van der Waals surface area (Å²) in [5.41, 5.74) is -2.99. The molecule has 13 heteroatoms. The van der Waals surface area contributed by atoms with Gasteiger partial charge in [0.25, 0.3) is 5.56 Å². The number of nitrogens with zero attached hydrogens (tertiary/aromatic N) is 5. The number of halogens is 4. The Morgan fingerprint density at radius 1 is 1.31 bits per heavy atom. The Morgan fingerprint density at radius 2 is 2.10 bits per heavy atom. The van der Waals surface area contributed by atoms with Crippen LogP contribution in [0.2, 0.25) is 5.02 Å². The molecule has 0 saturated heterocycles. The third-order valence-corrected chi connectivity index (χ3v) is 6.49. The second kappa shape index (κ2) is 10.5. The van der Waals surface area contributed by atoms with Crippen molar-refractivity contribution >= 4 is 23.0 Å². The molecule has 0 radical (unpaired) electrons. The van der Waals surface area contributed by atoms with Gasteiger partial charge < -0.3 is 15.2 Å². The lowest BCUT2D eigenvalue weighted by Crippen LogP contribution is -2.44. The fraction of sp³-hybridized carbons (Fsp3) is 0.346. The number of hydrogen-bond donors (Lipinski definition) is 2. The van der Waals surface area contributed by atoms with E-state index in [-0.39, 0.29) is 41.6 Å². The highest BCUT2D eigenvalue weighted by atomic mass is 35.5. The number of dihydropyridines is 1. The van der Waals surface area contributed by atoms with Crippen LogP contribution in [0.5, 0.6) is 5.75 Å². The highest BCUT2D eigenvalue weighted by Gasteiger charge is 2.33. The van der Waals surface area contributed by atoms with E-state index in [0.717, 1.165) is 4.57 Å². The topological polar surface area (TPSA) is 115 Å². The SMILES string of the molecule is [2H]C([2H])(Oc1cc2n(c(=O)c1Cl)C1=C(F)C(c3ccnc(C(C)(C)O)n3)=NC[C@@H]1NCCC2)c1ncc(F)cc1F. The monoisotopic (exact) mass is 562 g/mol. The first kappa shape index (κ1) is 24.4. The maximum Gasteiger partial charge on any atom is 0.277 e. The quantitative estimate of drug-likeness (QED) is 0.490. The second-order valence-corrected chi connectivity index (χ2v) is 9.84. The molecule has 5 heterocycles. The van der Waals surface area contributed by atoms with Gasteiger partial charge >= 0.3 is 0 Å². The summed E-state index contributed by atoms with van der Waals surface area (Å²) in [6, 6.07) is 2.46. The number of aliphatic hydroxyl groups is 1. The van der Waals surface area contributed by atoms with Crippen LogP contribution in [0.3, 0.4) is 0 Å². The van der Waals surface area contributed by atoms with E-state index in [4.69, 9.17) is 19.1 Å². The molecule has 0 bridgehead atoms. The van der Waals surface area contributed by atoms with Gasteiger partial charge in [0.1, 0.15) is 40.2 Å². The predicted octanol–water partition coefficient (Wildman–Crippen LogP) is 3.32. The zero-order valence-electron chi connectivity index (χ0n) is 22.8. The van der Waals surface area contributed by atoms with Gasteiger partial charge in [0.2, 0.25) is 0 Å². The summed E-state index contributed by atoms with van der Waals surface area (Å²) >= 11 is 6.34. The normalized spacial score (nSPS) is 18.7. The molecule has 5 rings (SSSR count). The van der Waals surface area contributed by atoms with Crippen molar-refractivity contribution in [1.82, 2.24) is 24.8 Å². The summed E-state index contributed by atoms with van der Waals surface area (Å²) in [7, 11) is 0. The Hall–Kier alpha value is -3.61. The van der Waals surface area contributed by atoms with Crippen LogP contribution in [0.15, 0.2) is 46.2 Å². The third-order valence-electron chi connectivity index (χ3n) is 6.14. The summed E-state index contributed by atoms with van der Waals surface area (Å²) < 4.78 is 66.7. The van der Waals surface area contributed by atoms with E-state index in [0.29, 0.717) is 25.2 Å². The van der Waals surface area contributed by atoms with E-state index in [9.17, 15) is 18.7 Å². The summed E-state index contributed by atoms with van der Waals surface area (Å²) in [4.78, 5) is 29.7. The van der Waals surface area contributed by atoms with Crippen LogP contribution in [-0.2, 0) is 18.6 Å². The van der Waals surface area contributed by atoms with Gasteiger partial charge in [0, 0.05) is 24.0 Å². The zero-order valence-corrected chi connectivity index (χ0v) is 21.6. The molecule has 3 aromatic rings. The molecule has 9 nitrogen and oxygen atoms in total. The van der Waals surface area contributed by atoms with Crippen LogP contribution in [0.1, 0.15) is 45.9 Å². The first-order valence-electron chi connectivity index (χ1n) is 13.0. The first-order chi connectivity index (χ1) is 19.3. The molecule has 1 atom stereocenters. The van der Waals surface area contributed by atoms with E-state index in [2.05, 4.69) is 25.3 Å². The van der Waals surface area contributed by atoms with Crippen LogP contribution in [0.25, 0.3) is 5.70 Å². The number of aryl methyl sites for hydroxylation is 1. The third kappa shape index (κ3) is 5.32. The molecule has 2 aliphatic rings. The molecule has 2 aliphatic heterocycles. The molecular formula is C26H24ClF3N6O3. The van der Waals surface area contributed by atoms with Crippen LogP contribution in [-0.4, -0.2) is 49.5 Å². The molecular weight excluding hydrogens is 537 g/mol. The Balaban J connectivity index is 1.62. The number of rotatable bonds is 5. The molecule has 0 saturated carbocycles. The standard InChI is InChI=1S/C26H24ClF3N6O3/c1-26(2,38)25-32-7-5-16(35-25)22-21(30)23-17(11-34-22)31-6-3-4-14-9-19(20(27)24(37)36(14)23)39-12-18-15(29)8-13(28)10-33-18/h5,7-10,17,31,38H,3-4,6,11-12H2,1-2H3/t17-/m0/s1/i12D2. The van der Waals surface area contributed by atoms with E-state index in [1.54, 1.807) is 0 Å². The average molecular weight is 563 g/mol. The van der Waals surface area contributed by atoms with Gasteiger partial charge in [0.15, 0.2) is 17.5 Å². The number of aliphatic imine (C=N–C) groups is 1. The number of hydrogen-bond acceptors (Lipinski definition) is 8. The highest BCUT2D eigenvalue weighted by molar-refractivity contribution is 6.31. The van der Waals surface area contributed by atoms with Gasteiger partial charge in [-0.1, -0.05) is 11.6 Å². The molecule has 0 unspecified atom stereocenters. The summed E-state index contributed by atoms with van der Waals surface area (Å²) in [6.07, 6.45) is 2.76. The van der Waals surface area contributed by atoms with Gasteiger partial charge in [-0.3, -0.25) is 19.3 Å². The van der Waals surface area contributed by atoms with E-state index < -0.39 is 57.7 Å². The molecule has 2 N–H and O–H groups in total. The Labute approximate surface area is 228 Å². The van der Waals surface area contributed by atoms with Gasteiger partial charge in [0.05, 0.1) is 32.9 Å². The summed E-state index contributed by atoms with van der Waals surface area (Å²) in [6.45, 7) is 0.539. The lowest BCUT2D eigenvalue weighted by atomic mass is 10.0. The van der Waals surface area contributed by atoms with Crippen molar-refractivity contribution in [2.45, 2.75) is 44.9 Å². The second-order valence-electron chi connectivity index (χ2n) is 9.47. The molecule has 39 heavy (non-hydrogen) atoms. The Kier molecular flexibility index (Phi) is 6.59. The van der Waals surface area contributed by atoms with Crippen molar-refractivity contribution in [2.24, 2.45) is 4.99 Å². The smallest absolute Gasteiger partial charge is 0.277 e. The molecule has 0 aromatic carbocycles. The van der Waals surface area contributed by atoms with Crippen LogP contribution in [0, 0.1) is 11.6 Å². The van der Waals surface area contributed by atoms with Gasteiger partial charge in [-0.15, -0.1) is 0 Å².